The summed E-state index contributed by atoms with van der Waals surface area (Å²) in [5.74, 6) is 0.427. The number of benzene rings is 2. The number of nitro groups is 1. The summed E-state index contributed by atoms with van der Waals surface area (Å²) in [6.45, 7) is 2.62. The van der Waals surface area contributed by atoms with Crippen molar-refractivity contribution in [3.8, 4) is 0 Å². The van der Waals surface area contributed by atoms with Gasteiger partial charge in [-0.15, -0.1) is 0 Å². The van der Waals surface area contributed by atoms with Crippen LogP contribution < -0.4 is 10.2 Å². The molecule has 4 aromatic rings. The maximum atomic E-state index is 12.0. The zero-order chi connectivity index (χ0) is 20.0. The van der Waals surface area contributed by atoms with E-state index in [-0.39, 0.29) is 17.3 Å². The highest BCUT2D eigenvalue weighted by Gasteiger charge is 2.31. The molecule has 1 N–H and O–H groups in total. The Morgan fingerprint density at radius 1 is 1.17 bits per heavy atom. The molecule has 29 heavy (non-hydrogen) atoms. The molecule has 0 saturated heterocycles. The van der Waals surface area contributed by atoms with Gasteiger partial charge in [-0.1, -0.05) is 41.7 Å². The first-order chi connectivity index (χ1) is 14.1. The number of fused-ring (bicyclic) bond motifs is 2. The van der Waals surface area contributed by atoms with Crippen LogP contribution in [0, 0.1) is 17.0 Å². The first-order valence-electron chi connectivity index (χ1n) is 9.10. The molecule has 144 valence electrons. The van der Waals surface area contributed by atoms with Crippen LogP contribution in [0.25, 0.3) is 10.2 Å². The first-order valence-corrected chi connectivity index (χ1v) is 9.91. The SMILES string of the molecule is Cc1cccc2sc(Nc3ncnc(N4CCc5ccccc54)c3[N+](=O)[O-])nc12. The number of aryl methyl sites for hydroxylation is 1. The normalized spacial score (nSPS) is 12.9. The highest BCUT2D eigenvalue weighted by Crippen LogP contribution is 2.41. The molecule has 2 aromatic carbocycles. The minimum absolute atomic E-state index is 0.140. The lowest BCUT2D eigenvalue weighted by molar-refractivity contribution is -0.383. The number of hydrogen-bond donors (Lipinski definition) is 1. The van der Waals surface area contributed by atoms with Gasteiger partial charge in [-0.25, -0.2) is 15.0 Å². The molecular formula is C20H16N6O2S. The Bertz CT molecular complexity index is 1250. The predicted molar refractivity (Wildman–Crippen MR) is 113 cm³/mol. The van der Waals surface area contributed by atoms with E-state index in [1.165, 1.54) is 17.7 Å². The number of rotatable bonds is 4. The van der Waals surface area contributed by atoms with Crippen molar-refractivity contribution in [1.82, 2.24) is 15.0 Å². The number of anilines is 4. The Morgan fingerprint density at radius 2 is 2.03 bits per heavy atom. The van der Waals surface area contributed by atoms with E-state index >= 15 is 0 Å². The summed E-state index contributed by atoms with van der Waals surface area (Å²) < 4.78 is 1.01. The Hall–Kier alpha value is -3.59. The molecular weight excluding hydrogens is 388 g/mol. The standard InChI is InChI=1S/C20H16N6O2S/c1-12-5-4-8-15-16(12)23-20(29-15)24-18-17(26(27)28)19(22-11-21-18)25-10-9-13-6-2-3-7-14(13)25/h2-8,11H,9-10H2,1H3,(H,21,22,23,24). The second-order valence-electron chi connectivity index (χ2n) is 6.75. The van der Waals surface area contributed by atoms with E-state index in [9.17, 15) is 10.1 Å². The van der Waals surface area contributed by atoms with Crippen LogP contribution in [0.3, 0.4) is 0 Å². The number of hydrogen-bond acceptors (Lipinski definition) is 8. The third-order valence-corrected chi connectivity index (χ3v) is 5.91. The topological polar surface area (TPSA) is 97.1 Å². The molecule has 8 nitrogen and oxygen atoms in total. The van der Waals surface area contributed by atoms with E-state index < -0.39 is 4.92 Å². The van der Waals surface area contributed by atoms with Crippen molar-refractivity contribution in [2.75, 3.05) is 16.8 Å². The smallest absolute Gasteiger partial charge is 0.320 e. The predicted octanol–water partition coefficient (Wildman–Crippen LogP) is 4.74. The van der Waals surface area contributed by atoms with Crippen molar-refractivity contribution >= 4 is 49.7 Å². The number of nitrogens with one attached hydrogen (secondary N) is 1. The molecule has 0 fully saturated rings. The van der Waals surface area contributed by atoms with E-state index in [0.717, 1.165) is 33.5 Å². The third-order valence-electron chi connectivity index (χ3n) is 4.97. The molecule has 0 aliphatic carbocycles. The summed E-state index contributed by atoms with van der Waals surface area (Å²) in [5.41, 5.74) is 3.87. The van der Waals surface area contributed by atoms with Crippen molar-refractivity contribution in [2.45, 2.75) is 13.3 Å². The van der Waals surface area contributed by atoms with Crippen molar-refractivity contribution in [2.24, 2.45) is 0 Å². The Balaban J connectivity index is 1.58. The zero-order valence-electron chi connectivity index (χ0n) is 15.5. The number of aromatic nitrogens is 3. The van der Waals surface area contributed by atoms with Gasteiger partial charge in [0.25, 0.3) is 0 Å². The van der Waals surface area contributed by atoms with Crippen LogP contribution in [-0.2, 0) is 6.42 Å². The second-order valence-corrected chi connectivity index (χ2v) is 7.78. The van der Waals surface area contributed by atoms with E-state index in [0.29, 0.717) is 11.7 Å². The van der Waals surface area contributed by atoms with Crippen LogP contribution in [0.15, 0.2) is 48.8 Å². The van der Waals surface area contributed by atoms with Crippen LogP contribution in [-0.4, -0.2) is 26.4 Å². The molecule has 0 bridgehead atoms. The molecule has 0 radical (unpaired) electrons. The van der Waals surface area contributed by atoms with Crippen LogP contribution in [0.5, 0.6) is 0 Å². The Kier molecular flexibility index (Phi) is 4.09. The zero-order valence-corrected chi connectivity index (χ0v) is 16.3. The average Bonchev–Trinajstić information content (AvgIpc) is 3.32. The molecule has 0 saturated carbocycles. The molecule has 1 aliphatic rings. The Morgan fingerprint density at radius 3 is 2.86 bits per heavy atom. The number of para-hydroxylation sites is 2. The molecule has 0 spiro atoms. The molecule has 5 rings (SSSR count). The summed E-state index contributed by atoms with van der Waals surface area (Å²) in [6.07, 6.45) is 2.17. The van der Waals surface area contributed by atoms with Gasteiger partial charge in [0.05, 0.1) is 15.1 Å². The number of nitrogens with zero attached hydrogens (tertiary/aromatic N) is 5. The van der Waals surface area contributed by atoms with Gasteiger partial charge in [0.2, 0.25) is 11.6 Å². The van der Waals surface area contributed by atoms with E-state index in [2.05, 4.69) is 20.3 Å². The highest BCUT2D eigenvalue weighted by atomic mass is 32.1. The fourth-order valence-electron chi connectivity index (χ4n) is 3.63. The second kappa shape index (κ2) is 6.78. The molecule has 0 amide bonds. The van der Waals surface area contributed by atoms with Gasteiger partial charge in [-0.05, 0) is 36.6 Å². The third kappa shape index (κ3) is 2.95. The van der Waals surface area contributed by atoms with Gasteiger partial charge >= 0.3 is 5.69 Å². The van der Waals surface area contributed by atoms with Gasteiger partial charge < -0.3 is 10.2 Å². The molecule has 0 unspecified atom stereocenters. The largest absolute Gasteiger partial charge is 0.354 e. The summed E-state index contributed by atoms with van der Waals surface area (Å²) >= 11 is 1.43. The van der Waals surface area contributed by atoms with Crippen LogP contribution in [0.4, 0.5) is 28.1 Å². The van der Waals surface area contributed by atoms with Crippen LogP contribution >= 0.6 is 11.3 Å². The summed E-state index contributed by atoms with van der Waals surface area (Å²) in [7, 11) is 0. The Labute approximate surface area is 170 Å². The van der Waals surface area contributed by atoms with Gasteiger partial charge in [-0.2, -0.15) is 0 Å². The first kappa shape index (κ1) is 17.5. The molecule has 9 heteroatoms. The van der Waals surface area contributed by atoms with Gasteiger partial charge in [-0.3, -0.25) is 10.1 Å². The maximum Gasteiger partial charge on any atom is 0.354 e. The highest BCUT2D eigenvalue weighted by molar-refractivity contribution is 7.22. The van der Waals surface area contributed by atoms with Crippen molar-refractivity contribution < 1.29 is 4.92 Å². The van der Waals surface area contributed by atoms with Crippen LogP contribution in [0.1, 0.15) is 11.1 Å². The van der Waals surface area contributed by atoms with E-state index in [1.54, 1.807) is 0 Å². The fraction of sp³-hybridized carbons (Fsp3) is 0.150. The summed E-state index contributed by atoms with van der Waals surface area (Å²) in [6, 6.07) is 13.8. The quantitative estimate of drug-likeness (QED) is 0.387. The average molecular weight is 404 g/mol. The fourth-order valence-corrected chi connectivity index (χ4v) is 4.57. The van der Waals surface area contributed by atoms with Gasteiger partial charge in [0, 0.05) is 12.2 Å². The number of thiazole rings is 1. The molecule has 1 aliphatic heterocycles. The van der Waals surface area contributed by atoms with Crippen molar-refractivity contribution in [1.29, 1.82) is 0 Å². The van der Waals surface area contributed by atoms with E-state index in [4.69, 9.17) is 0 Å². The summed E-state index contributed by atoms with van der Waals surface area (Å²) in [5, 5.41) is 15.6. The van der Waals surface area contributed by atoms with Crippen molar-refractivity contribution in [3.63, 3.8) is 0 Å². The van der Waals surface area contributed by atoms with Crippen LogP contribution in [0.2, 0.25) is 0 Å². The van der Waals surface area contributed by atoms with Gasteiger partial charge in [0.1, 0.15) is 6.33 Å². The molecule has 2 aromatic heterocycles. The minimum atomic E-state index is -0.433. The monoisotopic (exact) mass is 404 g/mol. The minimum Gasteiger partial charge on any atom is -0.320 e. The summed E-state index contributed by atoms with van der Waals surface area (Å²) in [4.78, 5) is 26.4. The lowest BCUT2D eigenvalue weighted by Crippen LogP contribution is -2.17. The lowest BCUT2D eigenvalue weighted by atomic mass is 10.2. The lowest BCUT2D eigenvalue weighted by Gasteiger charge is -2.18. The van der Waals surface area contributed by atoms with Crippen molar-refractivity contribution in [3.05, 3.63) is 70.0 Å². The molecule has 3 heterocycles. The van der Waals surface area contributed by atoms with E-state index in [1.807, 2.05) is 54.3 Å². The molecule has 0 atom stereocenters. The maximum absolute atomic E-state index is 12.0. The van der Waals surface area contributed by atoms with Gasteiger partial charge in [0.15, 0.2) is 5.13 Å².